The predicted octanol–water partition coefficient (Wildman–Crippen LogP) is 5.33. The number of carbonyl (C=O) groups excluding carboxylic acids is 1. The fourth-order valence-electron chi connectivity index (χ4n) is 3.66. The second kappa shape index (κ2) is 6.16. The van der Waals surface area contributed by atoms with Crippen molar-refractivity contribution in [3.05, 3.63) is 12.2 Å². The van der Waals surface area contributed by atoms with E-state index in [1.807, 2.05) is 0 Å². The molecule has 5 heteroatoms. The number of carbonyl (C=O) groups is 1. The molecule has 0 amide bonds. The first-order valence-electron chi connectivity index (χ1n) is 7.87. The Labute approximate surface area is 135 Å². The quantitative estimate of drug-likeness (QED) is 0.370. The molecule has 0 aliphatic carbocycles. The number of hydrogen-bond acceptors (Lipinski definition) is 2. The molecule has 0 bridgehead atoms. The van der Waals surface area contributed by atoms with Crippen LogP contribution < -0.4 is 0 Å². The van der Waals surface area contributed by atoms with Crippen LogP contribution in [0.2, 0.25) is 64.5 Å². The van der Waals surface area contributed by atoms with Crippen LogP contribution in [0.5, 0.6) is 0 Å². The summed E-state index contributed by atoms with van der Waals surface area (Å²) in [4.78, 5) is 12.2. The summed E-state index contributed by atoms with van der Waals surface area (Å²) in [5, 5.41) is 0. The molecule has 0 saturated heterocycles. The van der Waals surface area contributed by atoms with Gasteiger partial charge in [-0.25, -0.2) is 4.79 Å². The van der Waals surface area contributed by atoms with Crippen molar-refractivity contribution in [1.82, 2.24) is 0 Å². The smallest absolute Gasteiger partial charge is 0.333 e. The highest BCUT2D eigenvalue weighted by molar-refractivity contribution is 7.01. The fraction of sp³-hybridized carbons (Fsp3) is 0.812. The van der Waals surface area contributed by atoms with E-state index in [4.69, 9.17) is 4.74 Å². The maximum absolute atomic E-state index is 12.4. The number of rotatable bonds is 6. The van der Waals surface area contributed by atoms with Gasteiger partial charge in [-0.1, -0.05) is 72.4 Å². The van der Waals surface area contributed by atoms with Gasteiger partial charge in [-0.2, -0.15) is 0 Å². The van der Waals surface area contributed by atoms with Crippen LogP contribution >= 0.6 is 0 Å². The average Bonchev–Trinajstić information content (AvgIpc) is 2.19. The van der Waals surface area contributed by atoms with Crippen molar-refractivity contribution in [2.24, 2.45) is 0 Å². The molecule has 21 heavy (non-hydrogen) atoms. The van der Waals surface area contributed by atoms with E-state index in [-0.39, 0.29) is 10.8 Å². The molecule has 0 spiro atoms. The monoisotopic (exact) mass is 344 g/mol. The van der Waals surface area contributed by atoms with E-state index < -0.39 is 24.2 Å². The molecule has 0 saturated carbocycles. The van der Waals surface area contributed by atoms with Crippen molar-refractivity contribution in [1.29, 1.82) is 0 Å². The molecule has 0 aromatic rings. The minimum Gasteiger partial charge on any atom is -0.463 e. The maximum Gasteiger partial charge on any atom is 0.333 e. The van der Waals surface area contributed by atoms with Crippen molar-refractivity contribution >= 4 is 30.2 Å². The van der Waals surface area contributed by atoms with Crippen LogP contribution in [0.15, 0.2) is 12.2 Å². The SMILES string of the molecule is C=C(C)C(=O)OC(C(C)[Si](C)(C)C)([Si](C)(C)C)[Si](C)(C)C. The van der Waals surface area contributed by atoms with Crippen LogP contribution in [-0.4, -0.2) is 35.0 Å². The molecule has 124 valence electrons. The molecule has 1 atom stereocenters. The van der Waals surface area contributed by atoms with E-state index in [9.17, 15) is 4.79 Å². The largest absolute Gasteiger partial charge is 0.463 e. The molecule has 0 aliphatic rings. The Kier molecular flexibility index (Phi) is 6.12. The summed E-state index contributed by atoms with van der Waals surface area (Å²) < 4.78 is 6.34. The molecular formula is C16H36O2Si3. The summed E-state index contributed by atoms with van der Waals surface area (Å²) in [7, 11) is -4.94. The Hall–Kier alpha value is -0.139. The van der Waals surface area contributed by atoms with Gasteiger partial charge >= 0.3 is 5.97 Å². The molecule has 0 N–H and O–H groups in total. The average molecular weight is 345 g/mol. The Bertz CT molecular complexity index is 395. The van der Waals surface area contributed by atoms with Crippen LogP contribution in [0.25, 0.3) is 0 Å². The van der Waals surface area contributed by atoms with E-state index in [0.29, 0.717) is 11.1 Å². The number of esters is 1. The van der Waals surface area contributed by atoms with E-state index in [0.717, 1.165) is 0 Å². The van der Waals surface area contributed by atoms with Crippen LogP contribution in [0.1, 0.15) is 13.8 Å². The number of hydrogen-bond donors (Lipinski definition) is 0. The van der Waals surface area contributed by atoms with Crippen LogP contribution in [0, 0.1) is 0 Å². The summed E-state index contributed by atoms with van der Waals surface area (Å²) in [5.41, 5.74) is 0.963. The van der Waals surface area contributed by atoms with Gasteiger partial charge in [0.2, 0.25) is 0 Å². The molecule has 2 nitrogen and oxygen atoms in total. The van der Waals surface area contributed by atoms with Crippen LogP contribution in [0.3, 0.4) is 0 Å². The molecule has 0 aromatic carbocycles. The molecule has 0 heterocycles. The topological polar surface area (TPSA) is 26.3 Å². The molecule has 0 radical (unpaired) electrons. The van der Waals surface area contributed by atoms with Gasteiger partial charge in [-0.15, -0.1) is 0 Å². The zero-order chi connectivity index (χ0) is 17.4. The summed E-state index contributed by atoms with van der Waals surface area (Å²) in [5.74, 6) is -0.204. The lowest BCUT2D eigenvalue weighted by Gasteiger charge is -2.57. The van der Waals surface area contributed by atoms with E-state index >= 15 is 0 Å². The van der Waals surface area contributed by atoms with Crippen molar-refractivity contribution in [2.45, 2.75) is 83.2 Å². The summed E-state index contributed by atoms with van der Waals surface area (Å²) in [6.45, 7) is 29.2. The lowest BCUT2D eigenvalue weighted by molar-refractivity contribution is -0.144. The normalized spacial score (nSPS) is 15.6. The van der Waals surface area contributed by atoms with Gasteiger partial charge in [0.15, 0.2) is 0 Å². The Morgan fingerprint density at radius 1 is 0.952 bits per heavy atom. The molecular weight excluding hydrogens is 308 g/mol. The van der Waals surface area contributed by atoms with Gasteiger partial charge in [0.1, 0.15) is 0 Å². The predicted molar refractivity (Wildman–Crippen MR) is 103 cm³/mol. The van der Waals surface area contributed by atoms with E-state index in [2.05, 4.69) is 72.4 Å². The van der Waals surface area contributed by atoms with Crippen LogP contribution in [0.4, 0.5) is 0 Å². The third kappa shape index (κ3) is 4.20. The third-order valence-corrected chi connectivity index (χ3v) is 18.3. The first-order valence-corrected chi connectivity index (χ1v) is 18.4. The van der Waals surface area contributed by atoms with E-state index in [1.54, 1.807) is 6.92 Å². The first-order chi connectivity index (χ1) is 8.98. The van der Waals surface area contributed by atoms with Gasteiger partial charge in [-0.05, 0) is 12.5 Å². The Morgan fingerprint density at radius 3 is 1.48 bits per heavy atom. The Balaban J connectivity index is 6.30. The van der Waals surface area contributed by atoms with Crippen LogP contribution in [-0.2, 0) is 9.53 Å². The lowest BCUT2D eigenvalue weighted by atomic mass is 10.3. The third-order valence-electron chi connectivity index (χ3n) is 4.74. The highest BCUT2D eigenvalue weighted by atomic mass is 28.4. The van der Waals surface area contributed by atoms with Gasteiger partial charge in [-0.3, -0.25) is 0 Å². The maximum atomic E-state index is 12.4. The minimum absolute atomic E-state index is 0.204. The highest BCUT2D eigenvalue weighted by Gasteiger charge is 2.61. The first kappa shape index (κ1) is 20.9. The van der Waals surface area contributed by atoms with Crippen molar-refractivity contribution in [3.8, 4) is 0 Å². The van der Waals surface area contributed by atoms with Gasteiger partial charge < -0.3 is 4.74 Å². The van der Waals surface area contributed by atoms with Crippen molar-refractivity contribution in [2.75, 3.05) is 0 Å². The minimum atomic E-state index is -1.74. The summed E-state index contributed by atoms with van der Waals surface area (Å²) >= 11 is 0. The van der Waals surface area contributed by atoms with Gasteiger partial charge in [0.25, 0.3) is 0 Å². The Morgan fingerprint density at radius 2 is 1.29 bits per heavy atom. The second-order valence-corrected chi connectivity index (χ2v) is 26.1. The molecule has 0 rings (SSSR count). The second-order valence-electron chi connectivity index (χ2n) is 9.49. The summed E-state index contributed by atoms with van der Waals surface area (Å²) in [6, 6.07) is 0. The standard InChI is InChI=1S/C16H36O2Si3/c1-13(2)15(17)18-16(20(7,8)9,21(10,11)12)14(3)19(4,5)6/h14H,1H2,2-12H3. The van der Waals surface area contributed by atoms with Gasteiger partial charge in [0.05, 0.1) is 29.1 Å². The fourth-order valence-corrected chi connectivity index (χ4v) is 22.5. The molecule has 1 unspecified atom stereocenters. The van der Waals surface area contributed by atoms with Gasteiger partial charge in [0, 0.05) is 5.57 Å². The zero-order valence-corrected chi connectivity index (χ0v) is 19.1. The lowest BCUT2D eigenvalue weighted by Crippen LogP contribution is -2.73. The highest BCUT2D eigenvalue weighted by Crippen LogP contribution is 2.48. The molecule has 0 aromatic heterocycles. The summed E-state index contributed by atoms with van der Waals surface area (Å²) in [6.07, 6.45) is 0. The molecule has 0 aliphatic heterocycles. The zero-order valence-electron chi connectivity index (χ0n) is 16.1. The molecule has 0 fully saturated rings. The van der Waals surface area contributed by atoms with Crippen molar-refractivity contribution in [3.63, 3.8) is 0 Å². The number of ether oxygens (including phenoxy) is 1. The van der Waals surface area contributed by atoms with Crippen molar-refractivity contribution < 1.29 is 9.53 Å². The van der Waals surface area contributed by atoms with E-state index in [1.165, 1.54) is 0 Å².